The van der Waals surface area contributed by atoms with Crippen molar-refractivity contribution in [1.82, 2.24) is 24.7 Å². The van der Waals surface area contributed by atoms with Crippen molar-refractivity contribution in [3.05, 3.63) is 76.4 Å². The van der Waals surface area contributed by atoms with Crippen LogP contribution in [0.5, 0.6) is 0 Å². The summed E-state index contributed by atoms with van der Waals surface area (Å²) in [5, 5.41) is 3.86. The molecule has 1 saturated heterocycles. The zero-order valence-electron chi connectivity index (χ0n) is 18.8. The van der Waals surface area contributed by atoms with Crippen molar-refractivity contribution in [3.8, 4) is 22.7 Å². The maximum Gasteiger partial charge on any atom is 0.257 e. The molecule has 0 radical (unpaired) electrons. The molecule has 10 heteroatoms. The van der Waals surface area contributed by atoms with Crippen molar-refractivity contribution in [2.24, 2.45) is 7.05 Å². The second kappa shape index (κ2) is 9.14. The summed E-state index contributed by atoms with van der Waals surface area (Å²) >= 11 is 0. The normalized spacial score (nSPS) is 16.4. The second-order valence-corrected chi connectivity index (χ2v) is 8.13. The van der Waals surface area contributed by atoms with Gasteiger partial charge in [-0.05, 0) is 37.1 Å². The van der Waals surface area contributed by atoms with Crippen LogP contribution in [0.15, 0.2) is 58.1 Å². The molecule has 1 aliphatic rings. The molecule has 0 saturated carbocycles. The Morgan fingerprint density at radius 2 is 2.06 bits per heavy atom. The van der Waals surface area contributed by atoms with Gasteiger partial charge in [0.25, 0.3) is 11.4 Å². The molecule has 1 atom stereocenters. The standard InChI is InChI=1S/C24H23FN6O3/c1-15-27-23(34-29-15)17-6-3-5-16(11-17)21-14-31(9-4-10-33-21)24-28-20(12-22(32)30(24)2)18-7-8-26-13-19(18)25/h3,5-8,11-13,21H,4,9-10,14H2,1-2H3/t21-/m1/s1. The number of pyridine rings is 1. The number of hydrogen-bond acceptors (Lipinski definition) is 8. The SMILES string of the molecule is Cc1noc(-c2cccc([C@H]3CN(c4nc(-c5ccncc5F)cc(=O)n4C)CCCO3)c2)n1. The topological polar surface area (TPSA) is 99.2 Å². The minimum atomic E-state index is -0.528. The van der Waals surface area contributed by atoms with E-state index in [0.717, 1.165) is 23.7 Å². The first kappa shape index (κ1) is 21.9. The molecule has 5 rings (SSSR count). The predicted octanol–water partition coefficient (Wildman–Crippen LogP) is 3.31. The molecule has 0 aliphatic carbocycles. The molecule has 1 fully saturated rings. The fraction of sp³-hybridized carbons (Fsp3) is 0.292. The third kappa shape index (κ3) is 4.32. The predicted molar refractivity (Wildman–Crippen MR) is 123 cm³/mol. The van der Waals surface area contributed by atoms with Gasteiger partial charge in [-0.3, -0.25) is 14.3 Å². The van der Waals surface area contributed by atoms with Crippen LogP contribution in [0, 0.1) is 12.7 Å². The molecule has 9 nitrogen and oxygen atoms in total. The van der Waals surface area contributed by atoms with Crippen LogP contribution < -0.4 is 10.5 Å². The molecule has 0 unspecified atom stereocenters. The Morgan fingerprint density at radius 1 is 1.18 bits per heavy atom. The van der Waals surface area contributed by atoms with Crippen LogP contribution in [0.25, 0.3) is 22.7 Å². The fourth-order valence-electron chi connectivity index (χ4n) is 4.03. The van der Waals surface area contributed by atoms with Gasteiger partial charge in [-0.2, -0.15) is 4.98 Å². The number of ether oxygens (including phenoxy) is 1. The third-order valence-electron chi connectivity index (χ3n) is 5.75. The van der Waals surface area contributed by atoms with Gasteiger partial charge in [0.05, 0.1) is 18.4 Å². The Bertz CT molecular complexity index is 1390. The van der Waals surface area contributed by atoms with Gasteiger partial charge in [0.2, 0.25) is 5.95 Å². The number of halogens is 1. The molecule has 0 spiro atoms. The zero-order chi connectivity index (χ0) is 23.7. The first-order chi connectivity index (χ1) is 16.5. The van der Waals surface area contributed by atoms with Crippen LogP contribution >= 0.6 is 0 Å². The summed E-state index contributed by atoms with van der Waals surface area (Å²) in [5.74, 6) is 0.938. The Hall–Kier alpha value is -3.92. The average molecular weight is 462 g/mol. The second-order valence-electron chi connectivity index (χ2n) is 8.13. The minimum Gasteiger partial charge on any atom is -0.372 e. The molecule has 4 heterocycles. The first-order valence-corrected chi connectivity index (χ1v) is 10.9. The van der Waals surface area contributed by atoms with Crippen LogP contribution in [0.2, 0.25) is 0 Å². The monoisotopic (exact) mass is 462 g/mol. The summed E-state index contributed by atoms with van der Waals surface area (Å²) in [6, 6.07) is 10.6. The average Bonchev–Trinajstić information content (AvgIpc) is 3.13. The number of rotatable bonds is 4. The van der Waals surface area contributed by atoms with E-state index in [-0.39, 0.29) is 22.9 Å². The largest absolute Gasteiger partial charge is 0.372 e. The Kier molecular flexibility index (Phi) is 5.89. The van der Waals surface area contributed by atoms with Crippen molar-refractivity contribution in [1.29, 1.82) is 0 Å². The van der Waals surface area contributed by atoms with Crippen LogP contribution in [0.1, 0.15) is 23.9 Å². The van der Waals surface area contributed by atoms with E-state index in [2.05, 4.69) is 20.1 Å². The quantitative estimate of drug-likeness (QED) is 0.456. The lowest BCUT2D eigenvalue weighted by Gasteiger charge is -2.27. The van der Waals surface area contributed by atoms with Crippen molar-refractivity contribution in [3.63, 3.8) is 0 Å². The van der Waals surface area contributed by atoms with Crippen molar-refractivity contribution in [2.45, 2.75) is 19.4 Å². The highest BCUT2D eigenvalue weighted by atomic mass is 19.1. The van der Waals surface area contributed by atoms with E-state index in [9.17, 15) is 9.18 Å². The van der Waals surface area contributed by atoms with Crippen LogP contribution in [0.4, 0.5) is 10.3 Å². The highest BCUT2D eigenvalue weighted by Gasteiger charge is 2.25. The Morgan fingerprint density at radius 3 is 2.85 bits per heavy atom. The number of benzene rings is 1. The number of hydrogen-bond donors (Lipinski definition) is 0. The van der Waals surface area contributed by atoms with Gasteiger partial charge < -0.3 is 14.2 Å². The van der Waals surface area contributed by atoms with E-state index in [1.165, 1.54) is 22.9 Å². The summed E-state index contributed by atoms with van der Waals surface area (Å²) in [6.45, 7) is 3.43. The maximum absolute atomic E-state index is 14.3. The third-order valence-corrected chi connectivity index (χ3v) is 5.75. The zero-order valence-corrected chi connectivity index (χ0v) is 18.8. The number of aromatic nitrogens is 5. The molecule has 34 heavy (non-hydrogen) atoms. The summed E-state index contributed by atoms with van der Waals surface area (Å²) in [6.07, 6.45) is 3.07. The van der Waals surface area contributed by atoms with Gasteiger partial charge in [0, 0.05) is 43.6 Å². The fourth-order valence-corrected chi connectivity index (χ4v) is 4.03. The first-order valence-electron chi connectivity index (χ1n) is 10.9. The molecule has 1 aromatic carbocycles. The maximum atomic E-state index is 14.3. The lowest BCUT2D eigenvalue weighted by molar-refractivity contribution is 0.0686. The van der Waals surface area contributed by atoms with Gasteiger partial charge in [-0.15, -0.1) is 0 Å². The Labute approximate surface area is 194 Å². The lowest BCUT2D eigenvalue weighted by Crippen LogP contribution is -2.34. The molecular weight excluding hydrogens is 439 g/mol. The van der Waals surface area contributed by atoms with Gasteiger partial charge >= 0.3 is 0 Å². The van der Waals surface area contributed by atoms with E-state index in [0.29, 0.717) is 37.4 Å². The molecular formula is C24H23FN6O3. The summed E-state index contributed by atoms with van der Waals surface area (Å²) in [4.78, 5) is 27.5. The smallest absolute Gasteiger partial charge is 0.257 e. The van der Waals surface area contributed by atoms with Crippen molar-refractivity contribution in [2.75, 3.05) is 24.6 Å². The van der Waals surface area contributed by atoms with Gasteiger partial charge in [0.1, 0.15) is 6.10 Å². The molecule has 174 valence electrons. The number of nitrogens with zero attached hydrogens (tertiary/aromatic N) is 6. The van der Waals surface area contributed by atoms with Crippen molar-refractivity contribution >= 4 is 5.95 Å². The number of anilines is 1. The highest BCUT2D eigenvalue weighted by molar-refractivity contribution is 5.60. The molecule has 1 aliphatic heterocycles. The summed E-state index contributed by atoms with van der Waals surface area (Å²) in [7, 11) is 1.66. The van der Waals surface area contributed by atoms with Gasteiger partial charge in [-0.25, -0.2) is 9.37 Å². The molecule has 4 aromatic rings. The molecule has 0 amide bonds. The van der Waals surface area contributed by atoms with Crippen LogP contribution in [-0.4, -0.2) is 44.4 Å². The van der Waals surface area contributed by atoms with E-state index in [4.69, 9.17) is 9.26 Å². The van der Waals surface area contributed by atoms with E-state index in [1.54, 1.807) is 14.0 Å². The minimum absolute atomic E-state index is 0.235. The molecule has 0 bridgehead atoms. The van der Waals surface area contributed by atoms with Gasteiger partial charge in [0.15, 0.2) is 11.6 Å². The highest BCUT2D eigenvalue weighted by Crippen LogP contribution is 2.29. The van der Waals surface area contributed by atoms with E-state index < -0.39 is 5.82 Å². The molecule has 0 N–H and O–H groups in total. The van der Waals surface area contributed by atoms with E-state index in [1.807, 2.05) is 29.2 Å². The van der Waals surface area contributed by atoms with Crippen molar-refractivity contribution < 1.29 is 13.7 Å². The number of aryl methyl sites for hydroxylation is 1. The summed E-state index contributed by atoms with van der Waals surface area (Å²) in [5.41, 5.74) is 1.99. The van der Waals surface area contributed by atoms with Gasteiger partial charge in [-0.1, -0.05) is 17.3 Å². The van der Waals surface area contributed by atoms with E-state index >= 15 is 0 Å². The lowest BCUT2D eigenvalue weighted by atomic mass is 10.1. The molecule has 3 aromatic heterocycles. The van der Waals surface area contributed by atoms with Crippen LogP contribution in [-0.2, 0) is 11.8 Å². The Balaban J connectivity index is 1.49. The van der Waals surface area contributed by atoms with Crippen LogP contribution in [0.3, 0.4) is 0 Å². The summed E-state index contributed by atoms with van der Waals surface area (Å²) < 4.78 is 27.3.